The lowest BCUT2D eigenvalue weighted by atomic mass is 10.1. The number of rotatable bonds is 10. The molecule has 0 radical (unpaired) electrons. The molecule has 0 N–H and O–H groups in total. The summed E-state index contributed by atoms with van der Waals surface area (Å²) in [6.45, 7) is 3.11. The van der Waals surface area contributed by atoms with Crippen LogP contribution in [0.4, 0.5) is 4.79 Å². The molecule has 1 aliphatic rings. The first-order valence-electron chi connectivity index (χ1n) is 11.1. The number of cyclic esters (lactones) is 1. The monoisotopic (exact) mass is 484 g/mol. The molecule has 1 fully saturated rings. The zero-order valence-corrected chi connectivity index (χ0v) is 19.7. The SMILES string of the molecule is CCCCCOc1ccc(-c2cc(-c3ccc(C(=O)O[PH](=O)N4CCOC4=O)cc3)no2)cc1. The predicted octanol–water partition coefficient (Wildman–Crippen LogP) is 5.58. The van der Waals surface area contributed by atoms with Crippen molar-refractivity contribution in [3.63, 3.8) is 0 Å². The van der Waals surface area contributed by atoms with Crippen LogP contribution in [-0.4, -0.2) is 41.6 Å². The van der Waals surface area contributed by atoms with E-state index in [2.05, 4.69) is 12.1 Å². The third-order valence-corrected chi connectivity index (χ3v) is 6.45. The van der Waals surface area contributed by atoms with Gasteiger partial charge in [0.15, 0.2) is 5.76 Å². The van der Waals surface area contributed by atoms with E-state index in [1.807, 2.05) is 30.3 Å². The molecule has 1 atom stereocenters. The Labute approximate surface area is 197 Å². The zero-order chi connectivity index (χ0) is 23.9. The Morgan fingerprint density at radius 1 is 1.09 bits per heavy atom. The summed E-state index contributed by atoms with van der Waals surface area (Å²) in [5.74, 6) is 0.631. The molecule has 0 aliphatic carbocycles. The molecule has 1 aromatic heterocycles. The van der Waals surface area contributed by atoms with Gasteiger partial charge >= 0.3 is 20.2 Å². The minimum Gasteiger partial charge on any atom is -0.494 e. The van der Waals surface area contributed by atoms with Gasteiger partial charge < -0.3 is 18.5 Å². The van der Waals surface area contributed by atoms with Gasteiger partial charge in [-0.25, -0.2) is 14.3 Å². The van der Waals surface area contributed by atoms with E-state index in [1.165, 1.54) is 12.1 Å². The Kier molecular flexibility index (Phi) is 7.65. The predicted molar refractivity (Wildman–Crippen MR) is 125 cm³/mol. The number of amides is 1. The van der Waals surface area contributed by atoms with Crippen LogP contribution >= 0.6 is 8.18 Å². The molecule has 9 nitrogen and oxygen atoms in total. The second-order valence-corrected chi connectivity index (χ2v) is 8.93. The number of nitrogens with zero attached hydrogens (tertiary/aromatic N) is 2. The summed E-state index contributed by atoms with van der Waals surface area (Å²) >= 11 is 0. The highest BCUT2D eigenvalue weighted by atomic mass is 31.1. The maximum absolute atomic E-state index is 12.3. The summed E-state index contributed by atoms with van der Waals surface area (Å²) in [6.07, 6.45) is 2.59. The lowest BCUT2D eigenvalue weighted by Gasteiger charge is -2.12. The first-order valence-corrected chi connectivity index (χ1v) is 12.3. The van der Waals surface area contributed by atoms with Crippen molar-refractivity contribution >= 4 is 20.2 Å². The molecule has 34 heavy (non-hydrogen) atoms. The van der Waals surface area contributed by atoms with Crippen LogP contribution in [0.2, 0.25) is 0 Å². The second kappa shape index (κ2) is 11.0. The molecule has 1 aliphatic heterocycles. The van der Waals surface area contributed by atoms with Crippen molar-refractivity contribution in [2.24, 2.45) is 0 Å². The summed E-state index contributed by atoms with van der Waals surface area (Å²) in [5.41, 5.74) is 2.40. The van der Waals surface area contributed by atoms with Gasteiger partial charge in [0, 0.05) is 17.2 Å². The number of hydrogen-bond acceptors (Lipinski definition) is 8. The molecule has 178 valence electrons. The maximum Gasteiger partial charge on any atom is 0.417 e. The number of unbranched alkanes of at least 4 members (excludes halogenated alkanes) is 2. The van der Waals surface area contributed by atoms with Gasteiger partial charge in [-0.2, -0.15) is 0 Å². The van der Waals surface area contributed by atoms with Crippen molar-refractivity contribution < 1.29 is 32.7 Å². The molecular formula is C24H25N2O7P. The molecule has 1 amide bonds. The van der Waals surface area contributed by atoms with Gasteiger partial charge in [0.25, 0.3) is 0 Å². The summed E-state index contributed by atoms with van der Waals surface area (Å²) in [6, 6.07) is 15.9. The lowest BCUT2D eigenvalue weighted by molar-refractivity contribution is 0.0738. The van der Waals surface area contributed by atoms with Crippen LogP contribution in [-0.2, 0) is 13.8 Å². The zero-order valence-electron chi connectivity index (χ0n) is 18.7. The molecule has 0 saturated carbocycles. The maximum atomic E-state index is 12.3. The van der Waals surface area contributed by atoms with Crippen LogP contribution in [0.15, 0.2) is 59.1 Å². The smallest absolute Gasteiger partial charge is 0.417 e. The summed E-state index contributed by atoms with van der Waals surface area (Å²) in [7, 11) is -3.04. The van der Waals surface area contributed by atoms with E-state index >= 15 is 0 Å². The first kappa shape index (κ1) is 23.6. The van der Waals surface area contributed by atoms with Gasteiger partial charge in [0.1, 0.15) is 18.1 Å². The summed E-state index contributed by atoms with van der Waals surface area (Å²) in [4.78, 5) is 23.7. The number of carbonyl (C=O) groups excluding carboxylic acids is 2. The van der Waals surface area contributed by atoms with E-state index in [0.717, 1.165) is 40.8 Å². The molecule has 2 heterocycles. The summed E-state index contributed by atoms with van der Waals surface area (Å²) in [5, 5.41) is 4.11. The van der Waals surface area contributed by atoms with E-state index in [9.17, 15) is 14.2 Å². The van der Waals surface area contributed by atoms with Crippen molar-refractivity contribution in [2.45, 2.75) is 26.2 Å². The van der Waals surface area contributed by atoms with Crippen molar-refractivity contribution in [3.05, 3.63) is 60.2 Å². The normalized spacial score (nSPS) is 14.0. The quantitative estimate of drug-likeness (QED) is 0.271. The Hall–Kier alpha value is -3.58. The van der Waals surface area contributed by atoms with Gasteiger partial charge in [0.05, 0.1) is 18.7 Å². The van der Waals surface area contributed by atoms with Gasteiger partial charge in [-0.15, -0.1) is 0 Å². The van der Waals surface area contributed by atoms with E-state index in [4.69, 9.17) is 18.5 Å². The fourth-order valence-corrected chi connectivity index (χ4v) is 4.21. The molecule has 0 bridgehead atoms. The van der Waals surface area contributed by atoms with Crippen molar-refractivity contribution in [2.75, 3.05) is 19.8 Å². The first-order chi connectivity index (χ1) is 16.5. The van der Waals surface area contributed by atoms with E-state index in [0.29, 0.717) is 18.1 Å². The fourth-order valence-electron chi connectivity index (χ4n) is 3.33. The molecule has 1 saturated heterocycles. The van der Waals surface area contributed by atoms with E-state index < -0.39 is 20.2 Å². The second-order valence-electron chi connectivity index (χ2n) is 7.66. The van der Waals surface area contributed by atoms with E-state index in [-0.39, 0.29) is 18.7 Å². The van der Waals surface area contributed by atoms with Gasteiger partial charge in [0.2, 0.25) is 0 Å². The molecule has 3 aromatic rings. The van der Waals surface area contributed by atoms with Crippen LogP contribution in [0.5, 0.6) is 5.75 Å². The van der Waals surface area contributed by atoms with Crippen LogP contribution in [0.25, 0.3) is 22.6 Å². The Bertz CT molecular complexity index is 1160. The molecular weight excluding hydrogens is 459 g/mol. The van der Waals surface area contributed by atoms with Crippen LogP contribution in [0, 0.1) is 0 Å². The van der Waals surface area contributed by atoms with Gasteiger partial charge in [-0.1, -0.05) is 37.1 Å². The van der Waals surface area contributed by atoms with Gasteiger partial charge in [-0.05, 0) is 42.8 Å². The third kappa shape index (κ3) is 5.66. The van der Waals surface area contributed by atoms with Crippen LogP contribution < -0.4 is 4.74 Å². The Morgan fingerprint density at radius 2 is 1.82 bits per heavy atom. The summed E-state index contributed by atoms with van der Waals surface area (Å²) < 4.78 is 33.9. The molecule has 10 heteroatoms. The minimum atomic E-state index is -3.04. The highest BCUT2D eigenvalue weighted by Crippen LogP contribution is 2.33. The van der Waals surface area contributed by atoms with E-state index in [1.54, 1.807) is 12.1 Å². The highest BCUT2D eigenvalue weighted by Gasteiger charge is 2.29. The molecule has 4 rings (SSSR count). The van der Waals surface area contributed by atoms with Crippen molar-refractivity contribution in [1.29, 1.82) is 0 Å². The molecule has 1 unspecified atom stereocenters. The highest BCUT2D eigenvalue weighted by molar-refractivity contribution is 7.38. The fraction of sp³-hybridized carbons (Fsp3) is 0.292. The number of hydrogen-bond donors (Lipinski definition) is 0. The number of carbonyl (C=O) groups is 2. The topological polar surface area (TPSA) is 108 Å². The van der Waals surface area contributed by atoms with Crippen molar-refractivity contribution in [3.8, 4) is 28.3 Å². The number of ether oxygens (including phenoxy) is 2. The number of aromatic nitrogens is 1. The largest absolute Gasteiger partial charge is 0.494 e. The van der Waals surface area contributed by atoms with Crippen LogP contribution in [0.3, 0.4) is 0 Å². The Balaban J connectivity index is 1.36. The van der Waals surface area contributed by atoms with Crippen LogP contribution in [0.1, 0.15) is 36.5 Å². The molecule has 2 aromatic carbocycles. The Morgan fingerprint density at radius 3 is 2.50 bits per heavy atom. The third-order valence-electron chi connectivity index (χ3n) is 5.24. The average Bonchev–Trinajstić information content (AvgIpc) is 3.52. The van der Waals surface area contributed by atoms with Crippen molar-refractivity contribution in [1.82, 2.24) is 9.83 Å². The molecule has 0 spiro atoms. The average molecular weight is 484 g/mol. The number of benzene rings is 2. The lowest BCUT2D eigenvalue weighted by Crippen LogP contribution is -2.17. The van der Waals surface area contributed by atoms with Gasteiger partial charge in [-0.3, -0.25) is 4.57 Å². The minimum absolute atomic E-state index is 0.123. The standard InChI is InChI=1S/C24H25N2O7P/c1-2-3-4-14-30-20-11-9-18(10-12-20)22-16-21(25-32-22)17-5-7-19(8-6-17)23(27)33-34(29)26-13-15-31-24(26)28/h5-12,16,34H,2-4,13-15H2,1H3.